The van der Waals surface area contributed by atoms with E-state index < -0.39 is 5.54 Å². The molecule has 0 radical (unpaired) electrons. The molecule has 1 aliphatic rings. The van der Waals surface area contributed by atoms with Crippen LogP contribution in [0.25, 0.3) is 0 Å². The second-order valence-corrected chi connectivity index (χ2v) is 3.30. The molecule has 1 atom stereocenters. The first kappa shape index (κ1) is 9.48. The van der Waals surface area contributed by atoms with Crippen molar-refractivity contribution in [1.82, 2.24) is 10.8 Å². The Morgan fingerprint density at radius 2 is 2.50 bits per heavy atom. The van der Waals surface area contributed by atoms with Crippen LogP contribution in [0.1, 0.15) is 32.6 Å². The number of hydrogen-bond acceptors (Lipinski definition) is 3. The number of carbonyl (C=O) groups is 1. The van der Waals surface area contributed by atoms with Gasteiger partial charge < -0.3 is 5.32 Å². The van der Waals surface area contributed by atoms with Crippen LogP contribution >= 0.6 is 0 Å². The quantitative estimate of drug-likeness (QED) is 0.427. The first-order valence-corrected chi connectivity index (χ1v) is 4.45. The normalized spacial score (nSPS) is 28.8. The Balaban J connectivity index is 2.64. The van der Waals surface area contributed by atoms with Gasteiger partial charge in [0.15, 0.2) is 0 Å². The van der Waals surface area contributed by atoms with Gasteiger partial charge in [-0.1, -0.05) is 13.3 Å². The maximum atomic E-state index is 11.3. The lowest BCUT2D eigenvalue weighted by Gasteiger charge is -2.25. The van der Waals surface area contributed by atoms with Gasteiger partial charge in [-0.3, -0.25) is 10.0 Å². The largest absolute Gasteiger partial charge is 0.303 e. The summed E-state index contributed by atoms with van der Waals surface area (Å²) in [7, 11) is 0. The fourth-order valence-electron chi connectivity index (χ4n) is 1.86. The molecule has 4 nitrogen and oxygen atoms in total. The first-order valence-electron chi connectivity index (χ1n) is 4.45. The third-order valence-electron chi connectivity index (χ3n) is 2.46. The minimum Gasteiger partial charge on any atom is -0.303 e. The minimum absolute atomic E-state index is 0.290. The van der Waals surface area contributed by atoms with Crippen molar-refractivity contribution in [2.75, 3.05) is 6.54 Å². The summed E-state index contributed by atoms with van der Waals surface area (Å²) in [5.41, 5.74) is 1.23. The van der Waals surface area contributed by atoms with Gasteiger partial charge in [0.05, 0.1) is 0 Å². The smallest absolute Gasteiger partial charge is 0.263 e. The van der Waals surface area contributed by atoms with Crippen molar-refractivity contribution in [1.29, 1.82) is 0 Å². The standard InChI is InChI=1S/C8H16N2O2/c1-2-4-8(7(11)10-12)5-3-6-9-8/h9,12H,2-6H2,1H3,(H,10,11). The number of carbonyl (C=O) groups excluding carboxylic acids is 1. The number of nitrogens with one attached hydrogen (secondary N) is 2. The van der Waals surface area contributed by atoms with E-state index in [0.29, 0.717) is 0 Å². The second kappa shape index (κ2) is 3.87. The molecule has 4 heteroatoms. The molecule has 0 spiro atoms. The zero-order valence-electron chi connectivity index (χ0n) is 7.39. The summed E-state index contributed by atoms with van der Waals surface area (Å²) in [6.45, 7) is 2.90. The Morgan fingerprint density at radius 3 is 2.92 bits per heavy atom. The summed E-state index contributed by atoms with van der Waals surface area (Å²) in [5, 5.41) is 11.7. The average Bonchev–Trinajstić information content (AvgIpc) is 2.53. The van der Waals surface area contributed by atoms with Crippen LogP contribution in [-0.2, 0) is 4.79 Å². The number of rotatable bonds is 3. The van der Waals surface area contributed by atoms with Crippen LogP contribution in [0.4, 0.5) is 0 Å². The van der Waals surface area contributed by atoms with Gasteiger partial charge in [-0.15, -0.1) is 0 Å². The van der Waals surface area contributed by atoms with Crippen molar-refractivity contribution in [3.05, 3.63) is 0 Å². The van der Waals surface area contributed by atoms with Crippen LogP contribution in [0.3, 0.4) is 0 Å². The number of amides is 1. The molecular formula is C8H16N2O2. The lowest BCUT2D eigenvalue weighted by molar-refractivity contribution is -0.136. The molecule has 1 amide bonds. The monoisotopic (exact) mass is 172 g/mol. The Bertz CT molecular complexity index is 164. The fourth-order valence-corrected chi connectivity index (χ4v) is 1.86. The molecule has 1 rings (SSSR count). The highest BCUT2D eigenvalue weighted by Crippen LogP contribution is 2.24. The highest BCUT2D eigenvalue weighted by atomic mass is 16.5. The molecule has 0 bridgehead atoms. The van der Waals surface area contributed by atoms with E-state index in [9.17, 15) is 4.79 Å². The van der Waals surface area contributed by atoms with E-state index in [0.717, 1.165) is 32.2 Å². The maximum Gasteiger partial charge on any atom is 0.263 e. The molecule has 1 aliphatic heterocycles. The lowest BCUT2D eigenvalue weighted by Crippen LogP contribution is -2.52. The predicted molar refractivity (Wildman–Crippen MR) is 44.8 cm³/mol. The molecule has 3 N–H and O–H groups in total. The molecule has 1 fully saturated rings. The summed E-state index contributed by atoms with van der Waals surface area (Å²) in [5.74, 6) is -0.290. The molecule has 12 heavy (non-hydrogen) atoms. The van der Waals surface area contributed by atoms with Crippen LogP contribution in [0.2, 0.25) is 0 Å². The fraction of sp³-hybridized carbons (Fsp3) is 0.875. The third-order valence-corrected chi connectivity index (χ3v) is 2.46. The SMILES string of the molecule is CCCC1(C(=O)NO)CCCN1. The third kappa shape index (κ3) is 1.59. The Kier molecular flexibility index (Phi) is 3.05. The van der Waals surface area contributed by atoms with Gasteiger partial charge in [-0.25, -0.2) is 5.48 Å². The summed E-state index contributed by atoms with van der Waals surface area (Å²) in [4.78, 5) is 11.3. The highest BCUT2D eigenvalue weighted by Gasteiger charge is 2.39. The van der Waals surface area contributed by atoms with Crippen LogP contribution in [-0.4, -0.2) is 23.2 Å². The molecule has 0 aromatic carbocycles. The van der Waals surface area contributed by atoms with Crippen LogP contribution in [0.5, 0.6) is 0 Å². The maximum absolute atomic E-state index is 11.3. The van der Waals surface area contributed by atoms with Crippen molar-refractivity contribution < 1.29 is 10.0 Å². The van der Waals surface area contributed by atoms with E-state index in [1.54, 1.807) is 5.48 Å². The van der Waals surface area contributed by atoms with Crippen molar-refractivity contribution in [2.24, 2.45) is 0 Å². The van der Waals surface area contributed by atoms with E-state index in [4.69, 9.17) is 5.21 Å². The molecule has 1 unspecified atom stereocenters. The molecule has 70 valence electrons. The minimum atomic E-state index is -0.497. The summed E-state index contributed by atoms with van der Waals surface area (Å²) in [6, 6.07) is 0. The molecular weight excluding hydrogens is 156 g/mol. The predicted octanol–water partition coefficient (Wildman–Crippen LogP) is 0.414. The summed E-state index contributed by atoms with van der Waals surface area (Å²) < 4.78 is 0. The molecule has 0 aromatic rings. The van der Waals surface area contributed by atoms with Crippen LogP contribution in [0.15, 0.2) is 0 Å². The van der Waals surface area contributed by atoms with Crippen molar-refractivity contribution in [3.8, 4) is 0 Å². The van der Waals surface area contributed by atoms with E-state index in [2.05, 4.69) is 5.32 Å². The van der Waals surface area contributed by atoms with Gasteiger partial charge in [-0.05, 0) is 25.8 Å². The topological polar surface area (TPSA) is 61.4 Å². The summed E-state index contributed by atoms with van der Waals surface area (Å²) >= 11 is 0. The van der Waals surface area contributed by atoms with Gasteiger partial charge >= 0.3 is 0 Å². The first-order chi connectivity index (χ1) is 5.75. The van der Waals surface area contributed by atoms with Crippen molar-refractivity contribution in [2.45, 2.75) is 38.1 Å². The van der Waals surface area contributed by atoms with Crippen molar-refractivity contribution in [3.63, 3.8) is 0 Å². The van der Waals surface area contributed by atoms with E-state index in [1.807, 2.05) is 6.92 Å². The lowest BCUT2D eigenvalue weighted by atomic mass is 9.91. The van der Waals surface area contributed by atoms with Gasteiger partial charge in [0.2, 0.25) is 0 Å². The molecule has 0 saturated carbocycles. The zero-order valence-corrected chi connectivity index (χ0v) is 7.39. The Morgan fingerprint density at radius 1 is 1.75 bits per heavy atom. The Labute approximate surface area is 72.3 Å². The highest BCUT2D eigenvalue weighted by molar-refractivity contribution is 5.85. The zero-order chi connectivity index (χ0) is 9.03. The van der Waals surface area contributed by atoms with Gasteiger partial charge in [0.1, 0.15) is 5.54 Å². The second-order valence-electron chi connectivity index (χ2n) is 3.30. The van der Waals surface area contributed by atoms with Crippen LogP contribution < -0.4 is 10.8 Å². The Hall–Kier alpha value is -0.610. The number of hydrogen-bond donors (Lipinski definition) is 3. The van der Waals surface area contributed by atoms with Gasteiger partial charge in [0, 0.05) is 0 Å². The van der Waals surface area contributed by atoms with E-state index in [-0.39, 0.29) is 5.91 Å². The molecule has 0 aliphatic carbocycles. The molecule has 1 saturated heterocycles. The average molecular weight is 172 g/mol. The molecule has 1 heterocycles. The van der Waals surface area contributed by atoms with Crippen LogP contribution in [0, 0.1) is 0 Å². The summed E-state index contributed by atoms with van der Waals surface area (Å²) in [6.07, 6.45) is 3.57. The molecule has 0 aromatic heterocycles. The van der Waals surface area contributed by atoms with E-state index in [1.165, 1.54) is 0 Å². The van der Waals surface area contributed by atoms with E-state index >= 15 is 0 Å². The van der Waals surface area contributed by atoms with Gasteiger partial charge in [-0.2, -0.15) is 0 Å². The van der Waals surface area contributed by atoms with Gasteiger partial charge in [0.25, 0.3) is 5.91 Å². The van der Waals surface area contributed by atoms with Crippen molar-refractivity contribution >= 4 is 5.91 Å². The number of hydroxylamine groups is 1.